The fourth-order valence-electron chi connectivity index (χ4n) is 3.17. The standard InChI is InChI=1S/C19H24BrN5O3/c1-23-13-16(18(22-23)28-2)19(27)25-10-8-24(9-11-25)7-6-21-17(26)14-4-3-5-15(20)12-14/h3-5,12-13H,6-11H2,1-2H3,(H,21,26). The average molecular weight is 450 g/mol. The van der Waals surface area contributed by atoms with Crippen LogP contribution in [0.3, 0.4) is 0 Å². The van der Waals surface area contributed by atoms with Crippen molar-refractivity contribution in [2.45, 2.75) is 0 Å². The molecule has 2 amide bonds. The molecule has 1 aliphatic heterocycles. The van der Waals surface area contributed by atoms with E-state index in [1.54, 1.807) is 30.1 Å². The molecule has 1 fully saturated rings. The summed E-state index contributed by atoms with van der Waals surface area (Å²) in [7, 11) is 3.28. The molecule has 0 unspecified atom stereocenters. The average Bonchev–Trinajstić information content (AvgIpc) is 3.08. The van der Waals surface area contributed by atoms with Crippen LogP contribution in [0.15, 0.2) is 34.9 Å². The summed E-state index contributed by atoms with van der Waals surface area (Å²) in [6.07, 6.45) is 1.69. The van der Waals surface area contributed by atoms with Crippen LogP contribution in [0.1, 0.15) is 20.7 Å². The third kappa shape index (κ3) is 4.90. The molecule has 3 rings (SSSR count). The number of piperazine rings is 1. The predicted molar refractivity (Wildman–Crippen MR) is 109 cm³/mol. The fourth-order valence-corrected chi connectivity index (χ4v) is 3.57. The van der Waals surface area contributed by atoms with Crippen LogP contribution in [-0.2, 0) is 7.05 Å². The molecular weight excluding hydrogens is 426 g/mol. The van der Waals surface area contributed by atoms with Gasteiger partial charge in [0.25, 0.3) is 11.8 Å². The van der Waals surface area contributed by atoms with Crippen molar-refractivity contribution in [1.29, 1.82) is 0 Å². The largest absolute Gasteiger partial charge is 0.479 e. The van der Waals surface area contributed by atoms with E-state index in [4.69, 9.17) is 4.74 Å². The van der Waals surface area contributed by atoms with Gasteiger partial charge in [-0.2, -0.15) is 0 Å². The molecule has 150 valence electrons. The second-order valence-electron chi connectivity index (χ2n) is 6.63. The van der Waals surface area contributed by atoms with Gasteiger partial charge in [-0.1, -0.05) is 22.0 Å². The second-order valence-corrected chi connectivity index (χ2v) is 7.54. The Bertz CT molecular complexity index is 846. The number of rotatable bonds is 6. The number of nitrogens with zero attached hydrogens (tertiary/aromatic N) is 4. The van der Waals surface area contributed by atoms with E-state index >= 15 is 0 Å². The topological polar surface area (TPSA) is 79.7 Å². The van der Waals surface area contributed by atoms with Gasteiger partial charge in [0.1, 0.15) is 5.56 Å². The Kier molecular flexibility index (Phi) is 6.69. The number of ether oxygens (including phenoxy) is 1. The van der Waals surface area contributed by atoms with Crippen LogP contribution in [0.2, 0.25) is 0 Å². The van der Waals surface area contributed by atoms with E-state index in [9.17, 15) is 9.59 Å². The molecule has 2 heterocycles. The molecule has 9 heteroatoms. The van der Waals surface area contributed by atoms with Crippen molar-refractivity contribution < 1.29 is 14.3 Å². The molecule has 0 atom stereocenters. The van der Waals surface area contributed by atoms with Crippen LogP contribution in [0, 0.1) is 0 Å². The van der Waals surface area contributed by atoms with Crippen molar-refractivity contribution in [2.75, 3.05) is 46.4 Å². The molecule has 0 radical (unpaired) electrons. The number of aromatic nitrogens is 2. The van der Waals surface area contributed by atoms with Crippen molar-refractivity contribution in [2.24, 2.45) is 7.05 Å². The van der Waals surface area contributed by atoms with Gasteiger partial charge in [-0.3, -0.25) is 19.2 Å². The van der Waals surface area contributed by atoms with Gasteiger partial charge in [0, 0.05) is 62.5 Å². The van der Waals surface area contributed by atoms with Gasteiger partial charge < -0.3 is 15.0 Å². The molecule has 1 aromatic carbocycles. The maximum absolute atomic E-state index is 12.7. The molecule has 8 nitrogen and oxygen atoms in total. The highest BCUT2D eigenvalue weighted by atomic mass is 79.9. The van der Waals surface area contributed by atoms with E-state index in [1.807, 2.05) is 17.0 Å². The van der Waals surface area contributed by atoms with E-state index in [2.05, 4.69) is 31.2 Å². The normalized spacial score (nSPS) is 14.8. The van der Waals surface area contributed by atoms with Gasteiger partial charge in [-0.05, 0) is 18.2 Å². The molecule has 1 N–H and O–H groups in total. The minimum Gasteiger partial charge on any atom is -0.479 e. The van der Waals surface area contributed by atoms with E-state index < -0.39 is 0 Å². The summed E-state index contributed by atoms with van der Waals surface area (Å²) in [4.78, 5) is 28.9. The first-order valence-electron chi connectivity index (χ1n) is 9.11. The summed E-state index contributed by atoms with van der Waals surface area (Å²) < 4.78 is 7.65. The van der Waals surface area contributed by atoms with Crippen LogP contribution in [0.25, 0.3) is 0 Å². The van der Waals surface area contributed by atoms with Crippen molar-refractivity contribution in [3.8, 4) is 5.88 Å². The Morgan fingerprint density at radius 2 is 2.00 bits per heavy atom. The Balaban J connectivity index is 1.44. The third-order valence-corrected chi connectivity index (χ3v) is 5.17. The van der Waals surface area contributed by atoms with Crippen LogP contribution in [0.5, 0.6) is 5.88 Å². The van der Waals surface area contributed by atoms with Gasteiger partial charge >= 0.3 is 0 Å². The van der Waals surface area contributed by atoms with E-state index in [0.29, 0.717) is 36.6 Å². The van der Waals surface area contributed by atoms with Crippen LogP contribution >= 0.6 is 15.9 Å². The minimum atomic E-state index is -0.0845. The summed E-state index contributed by atoms with van der Waals surface area (Å²) in [5.41, 5.74) is 1.12. The number of methoxy groups -OCH3 is 1. The third-order valence-electron chi connectivity index (χ3n) is 4.68. The Labute approximate surface area is 172 Å². The highest BCUT2D eigenvalue weighted by molar-refractivity contribution is 9.10. The fraction of sp³-hybridized carbons (Fsp3) is 0.421. The van der Waals surface area contributed by atoms with Gasteiger partial charge in [-0.25, -0.2) is 0 Å². The minimum absolute atomic E-state index is 0.0624. The summed E-state index contributed by atoms with van der Waals surface area (Å²) >= 11 is 3.37. The summed E-state index contributed by atoms with van der Waals surface area (Å²) in [6, 6.07) is 7.31. The molecule has 1 aliphatic rings. The van der Waals surface area contributed by atoms with Crippen molar-refractivity contribution >= 4 is 27.7 Å². The molecule has 2 aromatic rings. The van der Waals surface area contributed by atoms with Crippen LogP contribution < -0.4 is 10.1 Å². The van der Waals surface area contributed by atoms with Crippen LogP contribution in [0.4, 0.5) is 0 Å². The molecule has 1 saturated heterocycles. The molecule has 28 heavy (non-hydrogen) atoms. The molecular formula is C19H24BrN5O3. The molecule has 0 aliphatic carbocycles. The first kappa shape index (κ1) is 20.3. The highest BCUT2D eigenvalue weighted by Crippen LogP contribution is 2.18. The zero-order valence-electron chi connectivity index (χ0n) is 16.0. The van der Waals surface area contributed by atoms with E-state index in [1.165, 1.54) is 7.11 Å². The monoisotopic (exact) mass is 449 g/mol. The number of hydrogen-bond acceptors (Lipinski definition) is 5. The van der Waals surface area contributed by atoms with E-state index in [0.717, 1.165) is 24.1 Å². The Morgan fingerprint density at radius 1 is 1.25 bits per heavy atom. The second kappa shape index (κ2) is 9.20. The van der Waals surface area contributed by atoms with Crippen molar-refractivity contribution in [1.82, 2.24) is 24.9 Å². The van der Waals surface area contributed by atoms with Gasteiger partial charge in [0.2, 0.25) is 5.88 Å². The zero-order chi connectivity index (χ0) is 20.1. The number of hydrogen-bond donors (Lipinski definition) is 1. The number of nitrogens with one attached hydrogen (secondary N) is 1. The lowest BCUT2D eigenvalue weighted by molar-refractivity contribution is 0.0635. The number of aryl methyl sites for hydroxylation is 1. The molecule has 0 saturated carbocycles. The lowest BCUT2D eigenvalue weighted by atomic mass is 10.2. The SMILES string of the molecule is COc1nn(C)cc1C(=O)N1CCN(CCNC(=O)c2cccc(Br)c2)CC1. The van der Waals surface area contributed by atoms with Crippen molar-refractivity contribution in [3.05, 3.63) is 46.1 Å². The maximum atomic E-state index is 12.7. The number of amides is 2. The number of carbonyl (C=O) groups excluding carboxylic acids is 2. The van der Waals surface area contributed by atoms with Crippen LogP contribution in [-0.4, -0.2) is 77.8 Å². The zero-order valence-corrected chi connectivity index (χ0v) is 17.6. The number of carbonyl (C=O) groups is 2. The quantitative estimate of drug-likeness (QED) is 0.720. The number of halogens is 1. The number of benzene rings is 1. The summed E-state index contributed by atoms with van der Waals surface area (Å²) in [5.74, 6) is 0.205. The lowest BCUT2D eigenvalue weighted by Gasteiger charge is -2.34. The summed E-state index contributed by atoms with van der Waals surface area (Å²) in [5, 5.41) is 7.08. The smallest absolute Gasteiger partial charge is 0.261 e. The van der Waals surface area contributed by atoms with Gasteiger partial charge in [0.05, 0.1) is 7.11 Å². The van der Waals surface area contributed by atoms with Gasteiger partial charge in [0.15, 0.2) is 0 Å². The van der Waals surface area contributed by atoms with Crippen molar-refractivity contribution in [3.63, 3.8) is 0 Å². The Hall–Kier alpha value is -2.39. The predicted octanol–water partition coefficient (Wildman–Crippen LogP) is 1.38. The molecule has 1 aromatic heterocycles. The van der Waals surface area contributed by atoms with Gasteiger partial charge in [-0.15, -0.1) is 5.10 Å². The maximum Gasteiger partial charge on any atom is 0.261 e. The first-order valence-corrected chi connectivity index (χ1v) is 9.90. The lowest BCUT2D eigenvalue weighted by Crippen LogP contribution is -2.50. The summed E-state index contributed by atoms with van der Waals surface area (Å²) in [6.45, 7) is 4.11. The Morgan fingerprint density at radius 3 is 2.68 bits per heavy atom. The first-order chi connectivity index (χ1) is 13.5. The molecule has 0 spiro atoms. The molecule has 0 bridgehead atoms. The van der Waals surface area contributed by atoms with E-state index in [-0.39, 0.29) is 11.8 Å². The highest BCUT2D eigenvalue weighted by Gasteiger charge is 2.26.